The van der Waals surface area contributed by atoms with E-state index in [0.717, 1.165) is 0 Å². The Morgan fingerprint density at radius 3 is 2.40 bits per heavy atom. The molecule has 0 atom stereocenters. The van der Waals surface area contributed by atoms with Crippen molar-refractivity contribution in [2.24, 2.45) is 0 Å². The highest BCUT2D eigenvalue weighted by Gasteiger charge is 2.16. The Kier molecular flexibility index (Phi) is 5.63. The highest BCUT2D eigenvalue weighted by molar-refractivity contribution is 5.94. The predicted molar refractivity (Wildman–Crippen MR) is 92.6 cm³/mol. The van der Waals surface area contributed by atoms with E-state index >= 15 is 0 Å². The number of nitriles is 1. The molecule has 0 spiro atoms. The summed E-state index contributed by atoms with van der Waals surface area (Å²) in [5.74, 6) is 0.266. The Hall–Kier alpha value is -3.47. The average molecular weight is 339 g/mol. The van der Waals surface area contributed by atoms with E-state index < -0.39 is 4.92 Å². The van der Waals surface area contributed by atoms with Gasteiger partial charge in [0.1, 0.15) is 11.9 Å². The second kappa shape index (κ2) is 7.88. The van der Waals surface area contributed by atoms with Crippen LogP contribution in [0.3, 0.4) is 0 Å². The van der Waals surface area contributed by atoms with Gasteiger partial charge >= 0.3 is 5.69 Å². The fraction of sp³-hybridized carbons (Fsp3) is 0.235. The number of hydrogen-bond acceptors (Lipinski definition) is 6. The molecule has 0 radical (unpaired) electrons. The number of nitro groups is 1. The van der Waals surface area contributed by atoms with Gasteiger partial charge in [-0.3, -0.25) is 14.9 Å². The van der Waals surface area contributed by atoms with Crippen molar-refractivity contribution in [1.82, 2.24) is 9.88 Å². The van der Waals surface area contributed by atoms with Gasteiger partial charge in [-0.15, -0.1) is 0 Å². The number of aromatic nitrogens is 1. The van der Waals surface area contributed by atoms with E-state index in [9.17, 15) is 14.9 Å². The van der Waals surface area contributed by atoms with Gasteiger partial charge in [-0.05, 0) is 44.2 Å². The summed E-state index contributed by atoms with van der Waals surface area (Å²) in [5.41, 5.74) is 0.626. The van der Waals surface area contributed by atoms with E-state index in [0.29, 0.717) is 30.2 Å². The molecular weight excluding hydrogens is 322 g/mol. The summed E-state index contributed by atoms with van der Waals surface area (Å²) in [6.45, 7) is 5.12. The first-order valence-corrected chi connectivity index (χ1v) is 7.72. The van der Waals surface area contributed by atoms with Crippen molar-refractivity contribution in [1.29, 1.82) is 5.26 Å². The van der Waals surface area contributed by atoms with E-state index in [1.807, 2.05) is 13.8 Å². The standard InChI is InChI=1S/C17H17N5O3/c1-3-21(4-2)17(23)12-5-7-13(8-6-12)19-16-10-9-15(22(24)25)14(11-18)20-16/h5-10H,3-4H2,1-2H3,(H,19,20). The first-order chi connectivity index (χ1) is 12.0. The Bertz CT molecular complexity index is 823. The molecule has 25 heavy (non-hydrogen) atoms. The molecule has 2 rings (SSSR count). The second-order valence-electron chi connectivity index (χ2n) is 5.11. The number of hydrogen-bond donors (Lipinski definition) is 1. The molecule has 0 saturated heterocycles. The second-order valence-corrected chi connectivity index (χ2v) is 5.11. The van der Waals surface area contributed by atoms with Gasteiger partial charge in [-0.1, -0.05) is 0 Å². The lowest BCUT2D eigenvalue weighted by atomic mass is 10.1. The number of nitrogens with one attached hydrogen (secondary N) is 1. The quantitative estimate of drug-likeness (QED) is 0.639. The number of carbonyl (C=O) groups excluding carboxylic acids is 1. The van der Waals surface area contributed by atoms with Gasteiger partial charge in [0.15, 0.2) is 0 Å². The highest BCUT2D eigenvalue weighted by atomic mass is 16.6. The Balaban J connectivity index is 2.18. The number of nitrogens with zero attached hydrogens (tertiary/aromatic N) is 4. The molecule has 1 heterocycles. The van der Waals surface area contributed by atoms with E-state index in [1.165, 1.54) is 12.1 Å². The third kappa shape index (κ3) is 4.09. The Morgan fingerprint density at radius 1 is 1.24 bits per heavy atom. The topological polar surface area (TPSA) is 112 Å². The number of anilines is 2. The molecule has 0 aliphatic heterocycles. The smallest absolute Gasteiger partial charge is 0.305 e. The van der Waals surface area contributed by atoms with Crippen LogP contribution < -0.4 is 5.32 Å². The first kappa shape index (κ1) is 17.9. The van der Waals surface area contributed by atoms with Crippen molar-refractivity contribution < 1.29 is 9.72 Å². The normalized spacial score (nSPS) is 9.96. The van der Waals surface area contributed by atoms with Gasteiger partial charge in [-0.25, -0.2) is 4.98 Å². The van der Waals surface area contributed by atoms with Crippen LogP contribution in [0.1, 0.15) is 29.9 Å². The minimum Gasteiger partial charge on any atom is -0.340 e. The fourth-order valence-corrected chi connectivity index (χ4v) is 2.29. The maximum absolute atomic E-state index is 12.3. The highest BCUT2D eigenvalue weighted by Crippen LogP contribution is 2.21. The minimum absolute atomic E-state index is 0.0447. The van der Waals surface area contributed by atoms with E-state index in [1.54, 1.807) is 35.2 Å². The summed E-state index contributed by atoms with van der Waals surface area (Å²) in [6.07, 6.45) is 0. The first-order valence-electron chi connectivity index (χ1n) is 7.72. The monoisotopic (exact) mass is 339 g/mol. The number of pyridine rings is 1. The molecule has 0 unspecified atom stereocenters. The maximum atomic E-state index is 12.3. The molecular formula is C17H17N5O3. The molecule has 2 aromatic rings. The fourth-order valence-electron chi connectivity index (χ4n) is 2.29. The van der Waals surface area contributed by atoms with Gasteiger partial charge in [-0.2, -0.15) is 5.26 Å². The van der Waals surface area contributed by atoms with Gasteiger partial charge < -0.3 is 10.2 Å². The number of carbonyl (C=O) groups is 1. The van der Waals surface area contributed by atoms with Crippen molar-refractivity contribution in [2.45, 2.75) is 13.8 Å². The van der Waals surface area contributed by atoms with E-state index in [4.69, 9.17) is 5.26 Å². The molecule has 1 aromatic heterocycles. The van der Waals surface area contributed by atoms with Crippen molar-refractivity contribution in [2.75, 3.05) is 18.4 Å². The maximum Gasteiger partial charge on any atom is 0.305 e. The molecule has 1 amide bonds. The van der Waals surface area contributed by atoms with Crippen LogP contribution in [-0.4, -0.2) is 33.8 Å². The van der Waals surface area contributed by atoms with Crippen LogP contribution in [0.5, 0.6) is 0 Å². The molecule has 8 nitrogen and oxygen atoms in total. The number of amides is 1. The summed E-state index contributed by atoms with van der Waals surface area (Å²) >= 11 is 0. The molecule has 8 heteroatoms. The summed E-state index contributed by atoms with van der Waals surface area (Å²) in [5, 5.41) is 22.7. The summed E-state index contributed by atoms with van der Waals surface area (Å²) in [7, 11) is 0. The molecule has 1 aromatic carbocycles. The Morgan fingerprint density at radius 2 is 1.88 bits per heavy atom. The van der Waals surface area contributed by atoms with Crippen LogP contribution in [-0.2, 0) is 0 Å². The number of rotatable bonds is 6. The van der Waals surface area contributed by atoms with Crippen molar-refractivity contribution in [3.8, 4) is 6.07 Å². The van der Waals surface area contributed by atoms with Crippen LogP contribution in [0.25, 0.3) is 0 Å². The minimum atomic E-state index is -0.650. The van der Waals surface area contributed by atoms with Crippen LogP contribution in [0.15, 0.2) is 36.4 Å². The van der Waals surface area contributed by atoms with E-state index in [2.05, 4.69) is 10.3 Å². The molecule has 0 fully saturated rings. The predicted octanol–water partition coefficient (Wildman–Crippen LogP) is 3.09. The van der Waals surface area contributed by atoms with Crippen LogP contribution in [0, 0.1) is 21.4 Å². The van der Waals surface area contributed by atoms with E-state index in [-0.39, 0.29) is 17.3 Å². The van der Waals surface area contributed by atoms with Crippen LogP contribution in [0.2, 0.25) is 0 Å². The van der Waals surface area contributed by atoms with Gasteiger partial charge in [0.05, 0.1) is 4.92 Å². The molecule has 1 N–H and O–H groups in total. The zero-order chi connectivity index (χ0) is 18.4. The summed E-state index contributed by atoms with van der Waals surface area (Å²) in [6, 6.07) is 11.2. The molecule has 0 saturated carbocycles. The lowest BCUT2D eigenvalue weighted by Crippen LogP contribution is -2.30. The number of benzene rings is 1. The summed E-state index contributed by atoms with van der Waals surface area (Å²) in [4.78, 5) is 28.1. The zero-order valence-corrected chi connectivity index (χ0v) is 13.9. The molecule has 128 valence electrons. The van der Waals surface area contributed by atoms with Crippen molar-refractivity contribution >= 4 is 23.1 Å². The molecule has 0 aliphatic rings. The van der Waals surface area contributed by atoms with Gasteiger partial charge in [0.2, 0.25) is 5.69 Å². The molecule has 0 bridgehead atoms. The van der Waals surface area contributed by atoms with Crippen molar-refractivity contribution in [3.63, 3.8) is 0 Å². The Labute approximate surface area is 144 Å². The van der Waals surface area contributed by atoms with Gasteiger partial charge in [0.25, 0.3) is 5.91 Å². The lowest BCUT2D eigenvalue weighted by molar-refractivity contribution is -0.385. The van der Waals surface area contributed by atoms with Gasteiger partial charge in [0, 0.05) is 30.4 Å². The van der Waals surface area contributed by atoms with Crippen LogP contribution >= 0.6 is 0 Å². The third-order valence-corrected chi connectivity index (χ3v) is 3.63. The third-order valence-electron chi connectivity index (χ3n) is 3.63. The van der Waals surface area contributed by atoms with Crippen LogP contribution in [0.4, 0.5) is 17.2 Å². The van der Waals surface area contributed by atoms with Crippen molar-refractivity contribution in [3.05, 3.63) is 57.8 Å². The largest absolute Gasteiger partial charge is 0.340 e. The molecule has 0 aliphatic carbocycles. The average Bonchev–Trinajstić information content (AvgIpc) is 2.63. The SMILES string of the molecule is CCN(CC)C(=O)c1ccc(Nc2ccc([N+](=O)[O-])c(C#N)n2)cc1. The summed E-state index contributed by atoms with van der Waals surface area (Å²) < 4.78 is 0. The lowest BCUT2D eigenvalue weighted by Gasteiger charge is -2.18. The zero-order valence-electron chi connectivity index (χ0n) is 13.9.